The number of amides is 1. The van der Waals surface area contributed by atoms with Gasteiger partial charge in [-0.1, -0.05) is 31.4 Å². The molecule has 2 aliphatic rings. The van der Waals surface area contributed by atoms with Gasteiger partial charge in [-0.15, -0.1) is 0 Å². The van der Waals surface area contributed by atoms with Crippen molar-refractivity contribution in [2.24, 2.45) is 0 Å². The van der Waals surface area contributed by atoms with E-state index in [1.807, 2.05) is 0 Å². The van der Waals surface area contributed by atoms with Crippen LogP contribution < -0.4 is 5.32 Å². The van der Waals surface area contributed by atoms with Crippen molar-refractivity contribution in [2.45, 2.75) is 61.3 Å². The summed E-state index contributed by atoms with van der Waals surface area (Å²) in [6, 6.07) is 12.4. The largest absolute Gasteiger partial charge is 0.381 e. The molecule has 1 heterocycles. The molecule has 2 aromatic carbocycles. The monoisotopic (exact) mass is 474 g/mol. The number of sulfonamides is 1. The molecule has 1 aliphatic carbocycles. The van der Waals surface area contributed by atoms with E-state index in [0.29, 0.717) is 31.7 Å². The zero-order valence-electron chi connectivity index (χ0n) is 18.9. The Kier molecular flexibility index (Phi) is 7.16. The minimum absolute atomic E-state index is 0.0345. The van der Waals surface area contributed by atoms with Crippen LogP contribution in [0.4, 0.5) is 10.1 Å². The summed E-state index contributed by atoms with van der Waals surface area (Å²) in [5.41, 5.74) is 0.447. The molecular weight excluding hydrogens is 443 g/mol. The molecule has 6 nitrogen and oxygen atoms in total. The number of ether oxygens (including phenoxy) is 1. The second kappa shape index (κ2) is 9.91. The first-order chi connectivity index (χ1) is 15.8. The van der Waals surface area contributed by atoms with Gasteiger partial charge in [0.1, 0.15) is 5.82 Å². The standard InChI is InChI=1S/C25H31FN2O4S/c1-28(22-5-3-2-4-6-22)33(30,31)23-13-11-21(12-14-23)27-24(29)25(15-17-32-18-16-25)19-7-9-20(26)10-8-19/h7-14,22H,2-6,15-18H2,1H3,(H,27,29). The van der Waals surface area contributed by atoms with Gasteiger partial charge >= 0.3 is 0 Å². The highest BCUT2D eigenvalue weighted by atomic mass is 32.2. The Bertz CT molecular complexity index is 1060. The van der Waals surface area contributed by atoms with Crippen molar-refractivity contribution in [3.05, 3.63) is 59.9 Å². The normalized spacial score (nSPS) is 19.4. The lowest BCUT2D eigenvalue weighted by atomic mass is 9.73. The number of halogens is 1. The molecule has 2 fully saturated rings. The fourth-order valence-corrected chi connectivity index (χ4v) is 6.32. The molecule has 0 atom stereocenters. The number of benzene rings is 2. The lowest BCUT2D eigenvalue weighted by Gasteiger charge is -2.36. The van der Waals surface area contributed by atoms with Crippen LogP contribution in [0, 0.1) is 5.82 Å². The van der Waals surface area contributed by atoms with Crippen molar-refractivity contribution in [1.29, 1.82) is 0 Å². The van der Waals surface area contributed by atoms with E-state index in [9.17, 15) is 17.6 Å². The van der Waals surface area contributed by atoms with Crippen LogP contribution in [0.5, 0.6) is 0 Å². The molecule has 1 aliphatic heterocycles. The van der Waals surface area contributed by atoms with E-state index in [1.54, 1.807) is 43.4 Å². The average Bonchev–Trinajstić information content (AvgIpc) is 2.85. The molecule has 8 heteroatoms. The van der Waals surface area contributed by atoms with Crippen LogP contribution in [0.3, 0.4) is 0 Å². The van der Waals surface area contributed by atoms with E-state index in [-0.39, 0.29) is 22.7 Å². The second-order valence-corrected chi connectivity index (χ2v) is 11.0. The summed E-state index contributed by atoms with van der Waals surface area (Å²) in [7, 11) is -1.94. The molecule has 0 unspecified atom stereocenters. The molecule has 1 saturated heterocycles. The van der Waals surface area contributed by atoms with Crippen LogP contribution in [0.25, 0.3) is 0 Å². The van der Waals surface area contributed by atoms with E-state index in [0.717, 1.165) is 37.7 Å². The lowest BCUT2D eigenvalue weighted by Crippen LogP contribution is -2.44. The maximum absolute atomic E-state index is 13.5. The van der Waals surface area contributed by atoms with Gasteiger partial charge in [-0.05, 0) is 67.6 Å². The van der Waals surface area contributed by atoms with Gasteiger partial charge in [0.05, 0.1) is 10.3 Å². The third-order valence-corrected chi connectivity index (χ3v) is 8.98. The summed E-state index contributed by atoms with van der Waals surface area (Å²) < 4.78 is 46.6. The minimum Gasteiger partial charge on any atom is -0.381 e. The SMILES string of the molecule is CN(C1CCCCC1)S(=O)(=O)c1ccc(NC(=O)C2(c3ccc(F)cc3)CCOCC2)cc1. The topological polar surface area (TPSA) is 75.7 Å². The summed E-state index contributed by atoms with van der Waals surface area (Å²) in [5.74, 6) is -0.552. The van der Waals surface area contributed by atoms with Crippen LogP contribution >= 0.6 is 0 Å². The molecule has 0 aromatic heterocycles. The van der Waals surface area contributed by atoms with Crippen molar-refractivity contribution < 1.29 is 22.3 Å². The molecule has 1 amide bonds. The fourth-order valence-electron chi connectivity index (χ4n) is 4.90. The Morgan fingerprint density at radius 3 is 2.21 bits per heavy atom. The van der Waals surface area contributed by atoms with Gasteiger partial charge in [0, 0.05) is 32.0 Å². The number of carbonyl (C=O) groups is 1. The predicted molar refractivity (Wildman–Crippen MR) is 125 cm³/mol. The highest BCUT2D eigenvalue weighted by molar-refractivity contribution is 7.89. The first-order valence-electron chi connectivity index (χ1n) is 11.6. The molecule has 178 valence electrons. The van der Waals surface area contributed by atoms with Crippen LogP contribution in [0.1, 0.15) is 50.5 Å². The highest BCUT2D eigenvalue weighted by Gasteiger charge is 2.41. The van der Waals surface area contributed by atoms with Gasteiger partial charge in [0.2, 0.25) is 15.9 Å². The van der Waals surface area contributed by atoms with Crippen LogP contribution in [0.2, 0.25) is 0 Å². The quantitative estimate of drug-likeness (QED) is 0.671. The third kappa shape index (κ3) is 4.98. The molecule has 0 radical (unpaired) electrons. The average molecular weight is 475 g/mol. The molecule has 2 aromatic rings. The van der Waals surface area contributed by atoms with Crippen molar-refractivity contribution in [2.75, 3.05) is 25.6 Å². The number of rotatable bonds is 6. The molecule has 1 saturated carbocycles. The van der Waals surface area contributed by atoms with Crippen molar-refractivity contribution in [3.8, 4) is 0 Å². The maximum Gasteiger partial charge on any atom is 0.243 e. The number of hydrogen-bond acceptors (Lipinski definition) is 4. The molecule has 0 bridgehead atoms. The van der Waals surface area contributed by atoms with Gasteiger partial charge in [-0.25, -0.2) is 12.8 Å². The third-order valence-electron chi connectivity index (χ3n) is 7.06. The predicted octanol–water partition coefficient (Wildman–Crippen LogP) is 4.47. The van der Waals surface area contributed by atoms with Crippen LogP contribution in [-0.2, 0) is 25.0 Å². The zero-order valence-corrected chi connectivity index (χ0v) is 19.7. The highest BCUT2D eigenvalue weighted by Crippen LogP contribution is 2.36. The zero-order chi connectivity index (χ0) is 23.5. The van der Waals surface area contributed by atoms with Gasteiger partial charge in [0.15, 0.2) is 0 Å². The van der Waals surface area contributed by atoms with Crippen LogP contribution in [-0.4, -0.2) is 44.9 Å². The van der Waals surface area contributed by atoms with Crippen molar-refractivity contribution >= 4 is 21.6 Å². The van der Waals surface area contributed by atoms with Crippen molar-refractivity contribution in [3.63, 3.8) is 0 Å². The number of anilines is 1. The van der Waals surface area contributed by atoms with Gasteiger partial charge < -0.3 is 10.1 Å². The summed E-state index contributed by atoms with van der Waals surface area (Å²) in [6.45, 7) is 0.880. The molecular formula is C25H31FN2O4S. The Hall–Kier alpha value is -2.29. The van der Waals surface area contributed by atoms with Crippen LogP contribution in [0.15, 0.2) is 53.4 Å². The van der Waals surface area contributed by atoms with E-state index < -0.39 is 15.4 Å². The first-order valence-corrected chi connectivity index (χ1v) is 13.0. The lowest BCUT2D eigenvalue weighted by molar-refractivity contribution is -0.125. The van der Waals surface area contributed by atoms with E-state index in [1.165, 1.54) is 16.4 Å². The Balaban J connectivity index is 1.51. The molecule has 4 rings (SSSR count). The van der Waals surface area contributed by atoms with Gasteiger partial charge in [0.25, 0.3) is 0 Å². The number of carbonyl (C=O) groups excluding carboxylic acids is 1. The smallest absolute Gasteiger partial charge is 0.243 e. The van der Waals surface area contributed by atoms with E-state index >= 15 is 0 Å². The van der Waals surface area contributed by atoms with Gasteiger partial charge in [-0.2, -0.15) is 4.31 Å². The summed E-state index contributed by atoms with van der Waals surface area (Å²) >= 11 is 0. The Morgan fingerprint density at radius 1 is 1.00 bits per heavy atom. The number of nitrogens with zero attached hydrogens (tertiary/aromatic N) is 1. The minimum atomic E-state index is -3.59. The van der Waals surface area contributed by atoms with E-state index in [2.05, 4.69) is 5.32 Å². The number of nitrogens with one attached hydrogen (secondary N) is 1. The maximum atomic E-state index is 13.5. The Morgan fingerprint density at radius 2 is 1.61 bits per heavy atom. The number of hydrogen-bond donors (Lipinski definition) is 1. The molecule has 1 N–H and O–H groups in total. The summed E-state index contributed by atoms with van der Waals surface area (Å²) in [5, 5.41) is 2.94. The van der Waals surface area contributed by atoms with E-state index in [4.69, 9.17) is 4.74 Å². The molecule has 0 spiro atoms. The first kappa shape index (κ1) is 23.9. The second-order valence-electron chi connectivity index (χ2n) is 8.99. The summed E-state index contributed by atoms with van der Waals surface area (Å²) in [4.78, 5) is 13.6. The van der Waals surface area contributed by atoms with Crippen molar-refractivity contribution in [1.82, 2.24) is 4.31 Å². The Labute approximate surface area is 195 Å². The molecule has 33 heavy (non-hydrogen) atoms. The summed E-state index contributed by atoms with van der Waals surface area (Å²) in [6.07, 6.45) is 6.02. The fraction of sp³-hybridized carbons (Fsp3) is 0.480. The van der Waals surface area contributed by atoms with Gasteiger partial charge in [-0.3, -0.25) is 4.79 Å².